The average molecular weight is 373 g/mol. The number of carbonyl (C=O) groups is 1. The number of H-pyrrole nitrogens is 1. The monoisotopic (exact) mass is 372 g/mol. The van der Waals surface area contributed by atoms with Crippen molar-refractivity contribution >= 4 is 34.1 Å². The summed E-state index contributed by atoms with van der Waals surface area (Å²) in [4.78, 5) is 16.2. The zero-order valence-electron chi connectivity index (χ0n) is 15.1. The number of amides is 1. The van der Waals surface area contributed by atoms with Crippen LogP contribution in [0.15, 0.2) is 42.6 Å². The van der Waals surface area contributed by atoms with Crippen molar-refractivity contribution in [3.05, 3.63) is 53.2 Å². The van der Waals surface area contributed by atoms with Crippen LogP contribution in [-0.4, -0.2) is 25.1 Å². The second-order valence-corrected chi connectivity index (χ2v) is 6.95. The fourth-order valence-electron chi connectivity index (χ4n) is 2.90. The molecule has 0 atom stereocenters. The van der Waals surface area contributed by atoms with Gasteiger partial charge in [-0.2, -0.15) is 0 Å². The van der Waals surface area contributed by atoms with Crippen LogP contribution in [0.1, 0.15) is 19.4 Å². The number of fused-ring (bicyclic) bond motifs is 1. The van der Waals surface area contributed by atoms with Crippen molar-refractivity contribution in [2.24, 2.45) is 0 Å². The maximum Gasteiger partial charge on any atom is 0.234 e. The fraction of sp³-hybridized carbons (Fsp3) is 0.250. The molecule has 3 aromatic rings. The molecule has 0 radical (unpaired) electrons. The third-order valence-electron chi connectivity index (χ3n) is 4.54. The van der Waals surface area contributed by atoms with Crippen LogP contribution in [0.25, 0.3) is 10.9 Å². The third kappa shape index (κ3) is 3.22. The fourth-order valence-corrected chi connectivity index (χ4v) is 3.16. The Labute approximate surface area is 157 Å². The molecule has 2 N–H and O–H groups in total. The Morgan fingerprint density at radius 1 is 1.12 bits per heavy atom. The van der Waals surface area contributed by atoms with Crippen LogP contribution in [0.4, 0.5) is 5.69 Å². The van der Waals surface area contributed by atoms with Gasteiger partial charge in [-0.1, -0.05) is 11.6 Å². The van der Waals surface area contributed by atoms with E-state index in [2.05, 4.69) is 10.3 Å². The quantitative estimate of drug-likeness (QED) is 0.679. The second kappa shape index (κ2) is 6.92. The number of nitrogens with one attached hydrogen (secondary N) is 2. The number of hydrogen-bond donors (Lipinski definition) is 2. The molecule has 2 aromatic carbocycles. The molecule has 0 saturated carbocycles. The minimum Gasteiger partial charge on any atom is -0.497 e. The van der Waals surface area contributed by atoms with Gasteiger partial charge in [0, 0.05) is 22.8 Å². The minimum absolute atomic E-state index is 0.137. The summed E-state index contributed by atoms with van der Waals surface area (Å²) in [6.07, 6.45) is 1.87. The number of ether oxygens (including phenoxy) is 2. The Kier molecular flexibility index (Phi) is 4.83. The van der Waals surface area contributed by atoms with Gasteiger partial charge in [0.1, 0.15) is 11.5 Å². The Morgan fingerprint density at radius 3 is 2.54 bits per heavy atom. The SMILES string of the molecule is COc1ccc2[nH]cc(C(C)(C)C(=O)Nc3ccc(OC)c(Cl)c3)c2c1. The minimum atomic E-state index is -0.767. The molecule has 1 aromatic heterocycles. The summed E-state index contributed by atoms with van der Waals surface area (Å²) in [5.41, 5.74) is 1.70. The van der Waals surface area contributed by atoms with Gasteiger partial charge in [-0.05, 0) is 55.8 Å². The average Bonchev–Trinajstić information content (AvgIpc) is 3.05. The Balaban J connectivity index is 1.92. The van der Waals surface area contributed by atoms with Crippen LogP contribution in [0.2, 0.25) is 5.02 Å². The lowest BCUT2D eigenvalue weighted by Crippen LogP contribution is -2.34. The van der Waals surface area contributed by atoms with Gasteiger partial charge in [0.15, 0.2) is 0 Å². The van der Waals surface area contributed by atoms with Crippen molar-refractivity contribution in [3.63, 3.8) is 0 Å². The lowest BCUT2D eigenvalue weighted by Gasteiger charge is -2.23. The molecule has 3 rings (SSSR count). The van der Waals surface area contributed by atoms with E-state index >= 15 is 0 Å². The summed E-state index contributed by atoms with van der Waals surface area (Å²) in [5, 5.41) is 4.33. The molecule has 6 heteroatoms. The summed E-state index contributed by atoms with van der Waals surface area (Å²) in [7, 11) is 3.17. The number of rotatable bonds is 5. The summed E-state index contributed by atoms with van der Waals surface area (Å²) in [6, 6.07) is 10.9. The number of aromatic nitrogens is 1. The van der Waals surface area contributed by atoms with Gasteiger partial charge in [-0.3, -0.25) is 4.79 Å². The summed E-state index contributed by atoms with van der Waals surface area (Å²) >= 11 is 6.14. The highest BCUT2D eigenvalue weighted by molar-refractivity contribution is 6.32. The van der Waals surface area contributed by atoms with Crippen molar-refractivity contribution in [2.45, 2.75) is 19.3 Å². The maximum atomic E-state index is 13.0. The molecule has 0 unspecified atom stereocenters. The van der Waals surface area contributed by atoms with Crippen molar-refractivity contribution in [1.29, 1.82) is 0 Å². The summed E-state index contributed by atoms with van der Waals surface area (Å²) in [5.74, 6) is 1.17. The van der Waals surface area contributed by atoms with Crippen LogP contribution < -0.4 is 14.8 Å². The van der Waals surface area contributed by atoms with E-state index in [1.807, 2.05) is 38.2 Å². The predicted octanol–water partition coefficient (Wildman–Crippen LogP) is 4.75. The van der Waals surface area contributed by atoms with Gasteiger partial charge in [0.2, 0.25) is 5.91 Å². The molecule has 136 valence electrons. The van der Waals surface area contributed by atoms with Crippen molar-refractivity contribution < 1.29 is 14.3 Å². The van der Waals surface area contributed by atoms with E-state index in [1.165, 1.54) is 0 Å². The predicted molar refractivity (Wildman–Crippen MR) is 105 cm³/mol. The molecule has 1 heterocycles. The molecular formula is C20H21ClN2O3. The smallest absolute Gasteiger partial charge is 0.234 e. The zero-order chi connectivity index (χ0) is 18.9. The van der Waals surface area contributed by atoms with Crippen molar-refractivity contribution in [1.82, 2.24) is 4.98 Å². The van der Waals surface area contributed by atoms with Gasteiger partial charge < -0.3 is 19.8 Å². The molecule has 0 aliphatic carbocycles. The largest absolute Gasteiger partial charge is 0.497 e. The highest BCUT2D eigenvalue weighted by atomic mass is 35.5. The van der Waals surface area contributed by atoms with E-state index in [4.69, 9.17) is 21.1 Å². The Hall–Kier alpha value is -2.66. The lowest BCUT2D eigenvalue weighted by atomic mass is 9.83. The molecular weight excluding hydrogens is 352 g/mol. The van der Waals surface area contributed by atoms with Crippen LogP contribution in [-0.2, 0) is 10.2 Å². The number of benzene rings is 2. The standard InChI is InChI=1S/C20H21ClN2O3/c1-20(2,15-11-22-17-7-6-13(25-3)10-14(15)17)19(24)23-12-5-8-18(26-4)16(21)9-12/h5-11,22H,1-4H3,(H,23,24). The van der Waals surface area contributed by atoms with Crippen molar-refractivity contribution in [2.75, 3.05) is 19.5 Å². The maximum absolute atomic E-state index is 13.0. The first-order valence-corrected chi connectivity index (χ1v) is 8.55. The van der Waals surface area contributed by atoms with E-state index in [0.29, 0.717) is 16.5 Å². The van der Waals surface area contributed by atoms with Crippen LogP contribution in [0.3, 0.4) is 0 Å². The molecule has 0 saturated heterocycles. The van der Waals surface area contributed by atoms with E-state index < -0.39 is 5.41 Å². The van der Waals surface area contributed by atoms with Crippen LogP contribution >= 0.6 is 11.6 Å². The molecule has 0 bridgehead atoms. The normalized spacial score (nSPS) is 11.4. The van der Waals surface area contributed by atoms with E-state index in [0.717, 1.165) is 22.2 Å². The van der Waals surface area contributed by atoms with Gasteiger partial charge in [0.25, 0.3) is 0 Å². The molecule has 0 aliphatic heterocycles. The highest BCUT2D eigenvalue weighted by Crippen LogP contribution is 2.34. The number of aromatic amines is 1. The topological polar surface area (TPSA) is 63.4 Å². The molecule has 1 amide bonds. The van der Waals surface area contributed by atoms with E-state index in [-0.39, 0.29) is 5.91 Å². The highest BCUT2D eigenvalue weighted by Gasteiger charge is 2.32. The third-order valence-corrected chi connectivity index (χ3v) is 4.83. The zero-order valence-corrected chi connectivity index (χ0v) is 15.9. The van der Waals surface area contributed by atoms with Crippen LogP contribution in [0.5, 0.6) is 11.5 Å². The number of halogens is 1. The second-order valence-electron chi connectivity index (χ2n) is 6.54. The summed E-state index contributed by atoms with van der Waals surface area (Å²) in [6.45, 7) is 3.77. The first-order chi connectivity index (χ1) is 12.4. The molecule has 0 aliphatic rings. The Bertz CT molecular complexity index is 963. The first-order valence-electron chi connectivity index (χ1n) is 8.17. The van der Waals surface area contributed by atoms with E-state index in [1.54, 1.807) is 32.4 Å². The molecule has 0 spiro atoms. The number of carbonyl (C=O) groups excluding carboxylic acids is 1. The van der Waals surface area contributed by atoms with Crippen molar-refractivity contribution in [3.8, 4) is 11.5 Å². The number of hydrogen-bond acceptors (Lipinski definition) is 3. The van der Waals surface area contributed by atoms with Gasteiger partial charge in [-0.25, -0.2) is 0 Å². The molecule has 0 fully saturated rings. The van der Waals surface area contributed by atoms with E-state index in [9.17, 15) is 4.79 Å². The van der Waals surface area contributed by atoms with Crippen LogP contribution in [0, 0.1) is 0 Å². The number of methoxy groups -OCH3 is 2. The van der Waals surface area contributed by atoms with Gasteiger partial charge in [-0.15, -0.1) is 0 Å². The number of anilines is 1. The molecule has 5 nitrogen and oxygen atoms in total. The Morgan fingerprint density at radius 2 is 1.88 bits per heavy atom. The first kappa shape index (κ1) is 18.1. The lowest BCUT2D eigenvalue weighted by molar-refractivity contribution is -0.120. The van der Waals surface area contributed by atoms with Gasteiger partial charge in [0.05, 0.1) is 24.7 Å². The van der Waals surface area contributed by atoms with Gasteiger partial charge >= 0.3 is 0 Å². The molecule has 26 heavy (non-hydrogen) atoms. The summed E-state index contributed by atoms with van der Waals surface area (Å²) < 4.78 is 10.5.